The van der Waals surface area contributed by atoms with Gasteiger partial charge in [-0.05, 0) is 35.9 Å². The van der Waals surface area contributed by atoms with Gasteiger partial charge in [0.25, 0.3) is 5.91 Å². The summed E-state index contributed by atoms with van der Waals surface area (Å²) in [6.45, 7) is 0. The SMILES string of the molecule is O=C1/C(=C/c2ccc(O)cc2)C(C(F)(F)F)=NN1c1ccccc1. The Labute approximate surface area is 135 Å². The molecule has 0 aliphatic carbocycles. The Morgan fingerprint density at radius 1 is 1.00 bits per heavy atom. The standard InChI is InChI=1S/C17H11F3N2O2/c18-17(19,20)15-14(10-11-6-8-13(23)9-7-11)16(24)22(21-15)12-4-2-1-3-5-12/h1-10,23H/b14-10+. The summed E-state index contributed by atoms with van der Waals surface area (Å²) in [4.78, 5) is 12.4. The van der Waals surface area contributed by atoms with E-state index in [-0.39, 0.29) is 11.4 Å². The molecule has 1 amide bonds. The number of anilines is 1. The summed E-state index contributed by atoms with van der Waals surface area (Å²) in [6.07, 6.45) is -3.65. The van der Waals surface area contributed by atoms with Crippen LogP contribution in [0.5, 0.6) is 5.75 Å². The monoisotopic (exact) mass is 332 g/mol. The zero-order valence-corrected chi connectivity index (χ0v) is 12.2. The highest BCUT2D eigenvalue weighted by atomic mass is 19.4. The van der Waals surface area contributed by atoms with Crippen LogP contribution in [0, 0.1) is 0 Å². The molecule has 0 aromatic heterocycles. The summed E-state index contributed by atoms with van der Waals surface area (Å²) in [6, 6.07) is 13.4. The first kappa shape index (κ1) is 15.8. The molecule has 0 fully saturated rings. The minimum Gasteiger partial charge on any atom is -0.508 e. The number of halogens is 3. The number of hydrogen-bond donors (Lipinski definition) is 1. The summed E-state index contributed by atoms with van der Waals surface area (Å²) < 4.78 is 39.7. The van der Waals surface area contributed by atoms with Gasteiger partial charge in [0.15, 0.2) is 5.71 Å². The summed E-state index contributed by atoms with van der Waals surface area (Å²) in [5.41, 5.74) is -1.19. The second-order valence-corrected chi connectivity index (χ2v) is 5.05. The van der Waals surface area contributed by atoms with Crippen LogP contribution in [0.3, 0.4) is 0 Å². The molecule has 2 aromatic carbocycles. The van der Waals surface area contributed by atoms with E-state index in [2.05, 4.69) is 5.10 Å². The van der Waals surface area contributed by atoms with Gasteiger partial charge in [-0.3, -0.25) is 4.79 Å². The fraction of sp³-hybridized carbons (Fsp3) is 0.0588. The minimum atomic E-state index is -4.76. The third-order valence-electron chi connectivity index (χ3n) is 3.35. The number of phenolic OH excluding ortho intramolecular Hbond substituents is 1. The van der Waals surface area contributed by atoms with Crippen molar-refractivity contribution >= 4 is 23.4 Å². The first-order valence-corrected chi connectivity index (χ1v) is 6.92. The highest BCUT2D eigenvalue weighted by Gasteiger charge is 2.46. The second kappa shape index (κ2) is 5.84. The molecular formula is C17H11F3N2O2. The van der Waals surface area contributed by atoms with Gasteiger partial charge in [-0.1, -0.05) is 30.3 Å². The van der Waals surface area contributed by atoms with Crippen LogP contribution in [0.25, 0.3) is 6.08 Å². The van der Waals surface area contributed by atoms with Gasteiger partial charge in [0.2, 0.25) is 0 Å². The second-order valence-electron chi connectivity index (χ2n) is 5.05. The molecule has 3 rings (SSSR count). The van der Waals surface area contributed by atoms with Crippen molar-refractivity contribution in [3.05, 3.63) is 65.7 Å². The molecule has 1 N–H and O–H groups in total. The molecule has 7 heteroatoms. The van der Waals surface area contributed by atoms with Gasteiger partial charge in [0.05, 0.1) is 11.3 Å². The number of hydrazone groups is 1. The van der Waals surface area contributed by atoms with Gasteiger partial charge < -0.3 is 5.11 Å². The molecule has 4 nitrogen and oxygen atoms in total. The van der Waals surface area contributed by atoms with Crippen molar-refractivity contribution in [2.75, 3.05) is 5.01 Å². The summed E-state index contributed by atoms with van der Waals surface area (Å²) >= 11 is 0. The van der Waals surface area contributed by atoms with Crippen molar-refractivity contribution in [1.82, 2.24) is 0 Å². The summed E-state index contributed by atoms with van der Waals surface area (Å²) in [7, 11) is 0. The average molecular weight is 332 g/mol. The van der Waals surface area contributed by atoms with Crippen LogP contribution in [0.15, 0.2) is 65.3 Å². The quantitative estimate of drug-likeness (QED) is 0.852. The zero-order chi connectivity index (χ0) is 17.3. The van der Waals surface area contributed by atoms with Crippen LogP contribution in [-0.4, -0.2) is 22.9 Å². The Balaban J connectivity index is 2.06. The lowest BCUT2D eigenvalue weighted by molar-refractivity contribution is -0.114. The van der Waals surface area contributed by atoms with Crippen molar-refractivity contribution in [2.24, 2.45) is 5.10 Å². The van der Waals surface area contributed by atoms with Crippen molar-refractivity contribution < 1.29 is 23.1 Å². The predicted octanol–water partition coefficient (Wildman–Crippen LogP) is 3.74. The van der Waals surface area contributed by atoms with E-state index in [1.165, 1.54) is 36.4 Å². The van der Waals surface area contributed by atoms with E-state index < -0.39 is 23.4 Å². The largest absolute Gasteiger partial charge is 0.508 e. The molecule has 0 bridgehead atoms. The third-order valence-corrected chi connectivity index (χ3v) is 3.35. The molecule has 0 unspecified atom stereocenters. The van der Waals surface area contributed by atoms with Gasteiger partial charge in [-0.25, -0.2) is 0 Å². The summed E-state index contributed by atoms with van der Waals surface area (Å²) in [5.74, 6) is -0.882. The maximum Gasteiger partial charge on any atom is 0.435 e. The molecule has 0 spiro atoms. The summed E-state index contributed by atoms with van der Waals surface area (Å²) in [5, 5.41) is 13.4. The number of alkyl halides is 3. The van der Waals surface area contributed by atoms with Crippen LogP contribution in [0.1, 0.15) is 5.56 Å². The van der Waals surface area contributed by atoms with Crippen LogP contribution >= 0.6 is 0 Å². The Bertz CT molecular complexity index is 825. The van der Waals surface area contributed by atoms with Gasteiger partial charge in [-0.15, -0.1) is 0 Å². The zero-order valence-electron chi connectivity index (χ0n) is 12.2. The number of nitrogens with zero attached hydrogens (tertiary/aromatic N) is 2. The van der Waals surface area contributed by atoms with Gasteiger partial charge in [0, 0.05) is 0 Å². The molecule has 1 aliphatic heterocycles. The lowest BCUT2D eigenvalue weighted by atomic mass is 10.1. The number of phenols is 1. The Kier molecular flexibility index (Phi) is 3.84. The number of aromatic hydroxyl groups is 1. The maximum absolute atomic E-state index is 13.2. The number of carbonyl (C=O) groups excluding carboxylic acids is 1. The molecule has 0 radical (unpaired) electrons. The molecule has 122 valence electrons. The van der Waals surface area contributed by atoms with Crippen molar-refractivity contribution in [3.63, 3.8) is 0 Å². The number of para-hydroxylation sites is 1. The highest BCUT2D eigenvalue weighted by Crippen LogP contribution is 2.32. The molecule has 0 saturated heterocycles. The predicted molar refractivity (Wildman–Crippen MR) is 83.5 cm³/mol. The Morgan fingerprint density at radius 3 is 2.21 bits per heavy atom. The van der Waals surface area contributed by atoms with E-state index in [1.54, 1.807) is 18.2 Å². The molecule has 1 aliphatic rings. The smallest absolute Gasteiger partial charge is 0.435 e. The number of amides is 1. The molecule has 0 saturated carbocycles. The van der Waals surface area contributed by atoms with E-state index in [1.807, 2.05) is 0 Å². The first-order chi connectivity index (χ1) is 11.4. The van der Waals surface area contributed by atoms with E-state index in [0.717, 1.165) is 11.1 Å². The van der Waals surface area contributed by atoms with Gasteiger partial charge in [0.1, 0.15) is 5.75 Å². The van der Waals surface area contributed by atoms with Crippen molar-refractivity contribution in [2.45, 2.75) is 6.18 Å². The minimum absolute atomic E-state index is 0.0227. The fourth-order valence-corrected chi connectivity index (χ4v) is 2.24. The van der Waals surface area contributed by atoms with Crippen molar-refractivity contribution in [1.29, 1.82) is 0 Å². The normalized spacial score (nSPS) is 16.6. The fourth-order valence-electron chi connectivity index (χ4n) is 2.24. The first-order valence-electron chi connectivity index (χ1n) is 6.92. The van der Waals surface area contributed by atoms with Crippen LogP contribution in [-0.2, 0) is 4.79 Å². The number of hydrogen-bond acceptors (Lipinski definition) is 3. The van der Waals surface area contributed by atoms with Gasteiger partial charge >= 0.3 is 6.18 Å². The Morgan fingerprint density at radius 2 is 1.62 bits per heavy atom. The van der Waals surface area contributed by atoms with Crippen LogP contribution in [0.4, 0.5) is 18.9 Å². The number of benzene rings is 2. The molecular weight excluding hydrogens is 321 g/mol. The van der Waals surface area contributed by atoms with E-state index in [0.29, 0.717) is 5.56 Å². The topological polar surface area (TPSA) is 52.9 Å². The van der Waals surface area contributed by atoms with Crippen LogP contribution in [0.2, 0.25) is 0 Å². The molecule has 0 atom stereocenters. The van der Waals surface area contributed by atoms with E-state index in [9.17, 15) is 23.1 Å². The van der Waals surface area contributed by atoms with E-state index in [4.69, 9.17) is 0 Å². The average Bonchev–Trinajstić information content (AvgIpc) is 2.88. The lowest BCUT2D eigenvalue weighted by Crippen LogP contribution is -2.25. The third kappa shape index (κ3) is 3.01. The molecule has 2 aromatic rings. The molecule has 1 heterocycles. The Hall–Kier alpha value is -3.09. The van der Waals surface area contributed by atoms with Crippen molar-refractivity contribution in [3.8, 4) is 5.75 Å². The lowest BCUT2D eigenvalue weighted by Gasteiger charge is -2.10. The highest BCUT2D eigenvalue weighted by molar-refractivity contribution is 6.34. The van der Waals surface area contributed by atoms with Crippen LogP contribution < -0.4 is 5.01 Å². The number of carbonyl (C=O) groups is 1. The number of rotatable bonds is 2. The van der Waals surface area contributed by atoms with Gasteiger partial charge in [-0.2, -0.15) is 23.3 Å². The van der Waals surface area contributed by atoms with E-state index >= 15 is 0 Å². The molecule has 24 heavy (non-hydrogen) atoms. The maximum atomic E-state index is 13.2.